The van der Waals surface area contributed by atoms with Crippen LogP contribution in [0.1, 0.15) is 19.4 Å². The van der Waals surface area contributed by atoms with Crippen molar-refractivity contribution >= 4 is 6.03 Å². The molecule has 2 N–H and O–H groups in total. The van der Waals surface area contributed by atoms with Gasteiger partial charge in [-0.1, -0.05) is 12.1 Å². The summed E-state index contributed by atoms with van der Waals surface area (Å²) in [6.07, 6.45) is -0.126. The summed E-state index contributed by atoms with van der Waals surface area (Å²) in [6, 6.07) is 7.37. The minimum atomic E-state index is -0.216. The van der Waals surface area contributed by atoms with E-state index in [0.717, 1.165) is 11.3 Å². The number of carbonyl (C=O) groups excluding carboxylic acids is 1. The number of aryl methyl sites for hydroxylation is 1. The lowest BCUT2D eigenvalue weighted by molar-refractivity contribution is 0.151. The number of nitrogens with one attached hydrogen (secondary N) is 1. The highest BCUT2D eigenvalue weighted by Crippen LogP contribution is 2.13. The zero-order valence-corrected chi connectivity index (χ0v) is 12.6. The Morgan fingerprint density at radius 3 is 2.75 bits per heavy atom. The Balaban J connectivity index is 2.40. The molecule has 2 unspecified atom stereocenters. The quantitative estimate of drug-likeness (QED) is 0.835. The molecule has 1 aromatic rings. The number of carbonyl (C=O) groups is 1. The first-order valence-corrected chi connectivity index (χ1v) is 6.79. The standard InChI is InChI=1S/C15H24N2O3/c1-11-6-5-7-14(8-11)20-13(3)9-16-15(19)17(4)12(2)10-18/h5-8,12-13,18H,9-10H2,1-4H3,(H,16,19). The first-order valence-electron chi connectivity index (χ1n) is 6.79. The second kappa shape index (κ2) is 7.75. The number of benzene rings is 1. The van der Waals surface area contributed by atoms with E-state index in [1.807, 2.05) is 38.1 Å². The van der Waals surface area contributed by atoms with E-state index >= 15 is 0 Å². The zero-order valence-electron chi connectivity index (χ0n) is 12.6. The highest BCUT2D eigenvalue weighted by molar-refractivity contribution is 5.74. The number of ether oxygens (including phenoxy) is 1. The molecule has 1 aromatic carbocycles. The Hall–Kier alpha value is -1.75. The van der Waals surface area contributed by atoms with E-state index in [4.69, 9.17) is 9.84 Å². The van der Waals surface area contributed by atoms with Crippen LogP contribution in [0.3, 0.4) is 0 Å². The molecular weight excluding hydrogens is 256 g/mol. The average molecular weight is 280 g/mol. The molecule has 5 heteroatoms. The Labute approximate surface area is 120 Å². The van der Waals surface area contributed by atoms with E-state index < -0.39 is 0 Å². The van der Waals surface area contributed by atoms with Crippen molar-refractivity contribution < 1.29 is 14.6 Å². The molecule has 20 heavy (non-hydrogen) atoms. The van der Waals surface area contributed by atoms with Crippen molar-refractivity contribution in [2.24, 2.45) is 0 Å². The molecule has 0 aliphatic heterocycles. The third-order valence-corrected chi connectivity index (χ3v) is 3.11. The van der Waals surface area contributed by atoms with Crippen LogP contribution in [0.25, 0.3) is 0 Å². The summed E-state index contributed by atoms with van der Waals surface area (Å²) in [5.74, 6) is 0.795. The summed E-state index contributed by atoms with van der Waals surface area (Å²) in [6.45, 7) is 6.05. The van der Waals surface area contributed by atoms with Gasteiger partial charge in [-0.3, -0.25) is 0 Å². The SMILES string of the molecule is Cc1cccc(OC(C)CNC(=O)N(C)C(C)CO)c1. The number of aliphatic hydroxyl groups is 1. The van der Waals surface area contributed by atoms with E-state index in [2.05, 4.69) is 5.32 Å². The Morgan fingerprint density at radius 2 is 2.15 bits per heavy atom. The minimum Gasteiger partial charge on any atom is -0.489 e. The van der Waals surface area contributed by atoms with Gasteiger partial charge in [-0.15, -0.1) is 0 Å². The van der Waals surface area contributed by atoms with Crippen LogP contribution in [0.15, 0.2) is 24.3 Å². The van der Waals surface area contributed by atoms with Crippen molar-refractivity contribution in [1.82, 2.24) is 10.2 Å². The molecule has 0 aliphatic carbocycles. The van der Waals surface area contributed by atoms with Crippen LogP contribution in [0.5, 0.6) is 5.75 Å². The molecule has 0 radical (unpaired) electrons. The van der Waals surface area contributed by atoms with Crippen LogP contribution in [0.2, 0.25) is 0 Å². The second-order valence-corrected chi connectivity index (χ2v) is 5.07. The highest BCUT2D eigenvalue weighted by Gasteiger charge is 2.15. The molecule has 5 nitrogen and oxygen atoms in total. The highest BCUT2D eigenvalue weighted by atomic mass is 16.5. The van der Waals surface area contributed by atoms with Crippen molar-refractivity contribution in [2.45, 2.75) is 32.9 Å². The molecule has 0 aliphatic rings. The van der Waals surface area contributed by atoms with E-state index in [1.54, 1.807) is 14.0 Å². The summed E-state index contributed by atoms with van der Waals surface area (Å²) in [5, 5.41) is 11.8. The van der Waals surface area contributed by atoms with Crippen molar-refractivity contribution in [1.29, 1.82) is 0 Å². The molecule has 2 amide bonds. The number of aliphatic hydroxyl groups excluding tert-OH is 1. The van der Waals surface area contributed by atoms with Crippen LogP contribution in [-0.2, 0) is 0 Å². The molecule has 0 bridgehead atoms. The first-order chi connectivity index (χ1) is 9.43. The summed E-state index contributed by atoms with van der Waals surface area (Å²) < 4.78 is 5.73. The van der Waals surface area contributed by atoms with Gasteiger partial charge < -0.3 is 20.1 Å². The number of likely N-dealkylation sites (N-methyl/N-ethyl adjacent to an activating group) is 1. The van der Waals surface area contributed by atoms with Crippen LogP contribution in [0.4, 0.5) is 4.79 Å². The number of amides is 2. The molecule has 0 fully saturated rings. The molecule has 0 saturated carbocycles. The molecule has 0 aromatic heterocycles. The van der Waals surface area contributed by atoms with Gasteiger partial charge in [0.2, 0.25) is 0 Å². The lowest BCUT2D eigenvalue weighted by Gasteiger charge is -2.24. The third kappa shape index (κ3) is 5.09. The fraction of sp³-hybridized carbons (Fsp3) is 0.533. The van der Waals surface area contributed by atoms with Gasteiger partial charge in [-0.05, 0) is 38.5 Å². The fourth-order valence-corrected chi connectivity index (χ4v) is 1.64. The Bertz CT molecular complexity index is 437. The monoisotopic (exact) mass is 280 g/mol. The summed E-state index contributed by atoms with van der Waals surface area (Å²) in [5.41, 5.74) is 1.13. The molecule has 0 spiro atoms. The maximum Gasteiger partial charge on any atom is 0.317 e. The molecular formula is C15H24N2O3. The van der Waals surface area contributed by atoms with Gasteiger partial charge in [0, 0.05) is 7.05 Å². The number of rotatable bonds is 6. The molecule has 1 rings (SSSR count). The average Bonchev–Trinajstić information content (AvgIpc) is 2.43. The molecule has 0 heterocycles. The molecule has 2 atom stereocenters. The van der Waals surface area contributed by atoms with Gasteiger partial charge in [0.1, 0.15) is 11.9 Å². The zero-order chi connectivity index (χ0) is 15.1. The predicted molar refractivity (Wildman–Crippen MR) is 79.0 cm³/mol. The van der Waals surface area contributed by atoms with Gasteiger partial charge >= 0.3 is 6.03 Å². The van der Waals surface area contributed by atoms with Crippen LogP contribution in [0, 0.1) is 6.92 Å². The van der Waals surface area contributed by atoms with E-state index in [1.165, 1.54) is 4.90 Å². The maximum atomic E-state index is 11.8. The summed E-state index contributed by atoms with van der Waals surface area (Å²) in [7, 11) is 1.66. The van der Waals surface area contributed by atoms with E-state index in [0.29, 0.717) is 6.54 Å². The van der Waals surface area contributed by atoms with Crippen molar-refractivity contribution in [3.63, 3.8) is 0 Å². The number of hydrogen-bond donors (Lipinski definition) is 2. The summed E-state index contributed by atoms with van der Waals surface area (Å²) in [4.78, 5) is 13.3. The predicted octanol–water partition coefficient (Wildman–Crippen LogP) is 1.78. The van der Waals surface area contributed by atoms with E-state index in [9.17, 15) is 4.79 Å². The van der Waals surface area contributed by atoms with Gasteiger partial charge in [0.15, 0.2) is 0 Å². The van der Waals surface area contributed by atoms with Gasteiger partial charge in [0.05, 0.1) is 19.2 Å². The minimum absolute atomic E-state index is 0.0563. The van der Waals surface area contributed by atoms with Crippen LogP contribution >= 0.6 is 0 Å². The normalized spacial score (nSPS) is 13.4. The third-order valence-electron chi connectivity index (χ3n) is 3.11. The fourth-order valence-electron chi connectivity index (χ4n) is 1.64. The Kier molecular flexibility index (Phi) is 6.31. The number of hydrogen-bond acceptors (Lipinski definition) is 3. The van der Waals surface area contributed by atoms with Gasteiger partial charge in [-0.25, -0.2) is 4.79 Å². The summed E-state index contributed by atoms with van der Waals surface area (Å²) >= 11 is 0. The molecule has 0 saturated heterocycles. The lowest BCUT2D eigenvalue weighted by atomic mass is 10.2. The first kappa shape index (κ1) is 16.3. The smallest absolute Gasteiger partial charge is 0.317 e. The largest absolute Gasteiger partial charge is 0.489 e. The maximum absolute atomic E-state index is 11.8. The number of nitrogens with zero attached hydrogens (tertiary/aromatic N) is 1. The van der Waals surface area contributed by atoms with Crippen LogP contribution in [-0.4, -0.2) is 48.4 Å². The second-order valence-electron chi connectivity index (χ2n) is 5.07. The van der Waals surface area contributed by atoms with Crippen molar-refractivity contribution in [3.05, 3.63) is 29.8 Å². The van der Waals surface area contributed by atoms with E-state index in [-0.39, 0.29) is 24.8 Å². The topological polar surface area (TPSA) is 61.8 Å². The van der Waals surface area contributed by atoms with Gasteiger partial charge in [-0.2, -0.15) is 0 Å². The van der Waals surface area contributed by atoms with Gasteiger partial charge in [0.25, 0.3) is 0 Å². The van der Waals surface area contributed by atoms with Crippen molar-refractivity contribution in [2.75, 3.05) is 20.2 Å². The van der Waals surface area contributed by atoms with Crippen molar-refractivity contribution in [3.8, 4) is 5.75 Å². The number of urea groups is 1. The lowest BCUT2D eigenvalue weighted by Crippen LogP contribution is -2.46. The Morgan fingerprint density at radius 1 is 1.45 bits per heavy atom. The molecule has 112 valence electrons. The van der Waals surface area contributed by atoms with Crippen LogP contribution < -0.4 is 10.1 Å².